The van der Waals surface area contributed by atoms with Gasteiger partial charge in [-0.3, -0.25) is 0 Å². The van der Waals surface area contributed by atoms with Crippen LogP contribution in [0.3, 0.4) is 0 Å². The summed E-state index contributed by atoms with van der Waals surface area (Å²) in [4.78, 5) is 3.46. The molecule has 2 N–H and O–H groups in total. The van der Waals surface area contributed by atoms with Crippen LogP contribution in [0.25, 0.3) is 0 Å². The van der Waals surface area contributed by atoms with Crippen molar-refractivity contribution in [3.8, 4) is 6.07 Å². The summed E-state index contributed by atoms with van der Waals surface area (Å²) in [7, 11) is -3.96. The first kappa shape index (κ1) is 9.92. The quantitative estimate of drug-likeness (QED) is 0.729. The van der Waals surface area contributed by atoms with Gasteiger partial charge in [0.05, 0.1) is 10.6 Å². The Kier molecular flexibility index (Phi) is 2.52. The van der Waals surface area contributed by atoms with Gasteiger partial charge < -0.3 is 0 Å². The van der Waals surface area contributed by atoms with E-state index in [0.29, 0.717) is 0 Å². The third-order valence-electron chi connectivity index (χ3n) is 1.25. The largest absolute Gasteiger partial charge is 0.257 e. The van der Waals surface area contributed by atoms with Crippen molar-refractivity contribution in [2.24, 2.45) is 5.14 Å². The second-order valence-electron chi connectivity index (χ2n) is 2.13. The van der Waals surface area contributed by atoms with E-state index in [0.717, 1.165) is 6.20 Å². The molecule has 0 aliphatic heterocycles. The average Bonchev–Trinajstić information content (AvgIpc) is 2.02. The number of halogens is 1. The number of aromatic nitrogens is 1. The summed E-state index contributed by atoms with van der Waals surface area (Å²) in [6.07, 6.45) is 1.16. The highest BCUT2D eigenvalue weighted by Gasteiger charge is 2.16. The summed E-state index contributed by atoms with van der Waals surface area (Å²) >= 11 is 5.55. The molecule has 0 aliphatic carbocycles. The lowest BCUT2D eigenvalue weighted by Crippen LogP contribution is -2.14. The number of nitrogens with zero attached hydrogens (tertiary/aromatic N) is 2. The summed E-state index contributed by atoms with van der Waals surface area (Å²) in [5.74, 6) is 0. The molecule has 0 amide bonds. The van der Waals surface area contributed by atoms with E-state index in [1.807, 2.05) is 0 Å². The molecule has 0 radical (unpaired) electrons. The van der Waals surface area contributed by atoms with Crippen LogP contribution >= 0.6 is 11.6 Å². The van der Waals surface area contributed by atoms with Gasteiger partial charge in [-0.15, -0.1) is 0 Å². The summed E-state index contributed by atoms with van der Waals surface area (Å²) in [6.45, 7) is 0. The number of hydrogen-bond acceptors (Lipinski definition) is 4. The molecule has 0 aliphatic rings. The average molecular weight is 218 g/mol. The van der Waals surface area contributed by atoms with Gasteiger partial charge in [0.25, 0.3) is 10.0 Å². The fraction of sp³-hybridized carbons (Fsp3) is 0. The second-order valence-corrected chi connectivity index (χ2v) is 3.99. The summed E-state index contributed by atoms with van der Waals surface area (Å²) in [5, 5.41) is 12.6. The third kappa shape index (κ3) is 1.95. The van der Waals surface area contributed by atoms with Crippen molar-refractivity contribution in [2.75, 3.05) is 0 Å². The number of rotatable bonds is 1. The predicted molar refractivity (Wildman–Crippen MR) is 45.3 cm³/mol. The molecule has 1 aromatic heterocycles. The molecular formula is C6H4ClN3O2S. The third-order valence-corrected chi connectivity index (χ3v) is 2.59. The van der Waals surface area contributed by atoms with Crippen molar-refractivity contribution < 1.29 is 8.42 Å². The summed E-state index contributed by atoms with van der Waals surface area (Å²) in [6, 6.07) is 3.02. The minimum absolute atomic E-state index is 0.0284. The predicted octanol–water partition coefficient (Wildman–Crippen LogP) is 0.254. The van der Waals surface area contributed by atoms with E-state index in [1.165, 1.54) is 6.07 Å². The van der Waals surface area contributed by atoms with E-state index >= 15 is 0 Å². The van der Waals surface area contributed by atoms with Crippen LogP contribution in [-0.4, -0.2) is 13.4 Å². The smallest absolute Gasteiger partial charge is 0.242 e. The fourth-order valence-corrected chi connectivity index (χ4v) is 1.75. The lowest BCUT2D eigenvalue weighted by molar-refractivity contribution is 0.594. The highest BCUT2D eigenvalue weighted by atomic mass is 35.5. The lowest BCUT2D eigenvalue weighted by atomic mass is 10.3. The zero-order valence-electron chi connectivity index (χ0n) is 6.23. The number of pyridine rings is 1. The van der Waals surface area contributed by atoms with E-state index in [9.17, 15) is 8.42 Å². The molecule has 0 bridgehead atoms. The molecule has 0 spiro atoms. The van der Waals surface area contributed by atoms with E-state index in [2.05, 4.69) is 4.98 Å². The molecule has 13 heavy (non-hydrogen) atoms. The Morgan fingerprint density at radius 2 is 2.23 bits per heavy atom. The zero-order chi connectivity index (χ0) is 10.1. The van der Waals surface area contributed by atoms with Crippen molar-refractivity contribution >= 4 is 21.6 Å². The van der Waals surface area contributed by atoms with Gasteiger partial charge in [0.2, 0.25) is 0 Å². The zero-order valence-corrected chi connectivity index (χ0v) is 7.80. The molecule has 1 aromatic rings. The number of nitrogens with two attached hydrogens (primary N) is 1. The van der Waals surface area contributed by atoms with Gasteiger partial charge in [0, 0.05) is 6.20 Å². The summed E-state index contributed by atoms with van der Waals surface area (Å²) < 4.78 is 21.7. The second kappa shape index (κ2) is 3.30. The highest BCUT2D eigenvalue weighted by molar-refractivity contribution is 7.89. The van der Waals surface area contributed by atoms with Crippen molar-refractivity contribution in [3.63, 3.8) is 0 Å². The van der Waals surface area contributed by atoms with Gasteiger partial charge in [-0.25, -0.2) is 18.5 Å². The van der Waals surface area contributed by atoms with Crippen molar-refractivity contribution in [2.45, 2.75) is 5.03 Å². The van der Waals surface area contributed by atoms with Gasteiger partial charge in [0.15, 0.2) is 5.03 Å². The molecule has 0 saturated heterocycles. The standard InChI is InChI=1S/C6H4ClN3O2S/c7-5-4(3-8)1-2-10-6(5)13(9,11)12/h1-2H,(H2,9,11,12). The van der Waals surface area contributed by atoms with E-state index < -0.39 is 15.0 Å². The highest BCUT2D eigenvalue weighted by Crippen LogP contribution is 2.20. The molecular weight excluding hydrogens is 214 g/mol. The minimum atomic E-state index is -3.96. The van der Waals surface area contributed by atoms with Gasteiger partial charge in [-0.1, -0.05) is 11.6 Å². The molecule has 5 nitrogen and oxygen atoms in total. The maximum atomic E-state index is 10.8. The molecule has 0 saturated carbocycles. The first-order chi connectivity index (χ1) is 5.96. The lowest BCUT2D eigenvalue weighted by Gasteiger charge is -2.00. The van der Waals surface area contributed by atoms with Gasteiger partial charge in [-0.2, -0.15) is 5.26 Å². The van der Waals surface area contributed by atoms with Crippen LogP contribution in [0.5, 0.6) is 0 Å². The first-order valence-electron chi connectivity index (χ1n) is 3.04. The molecule has 68 valence electrons. The van der Waals surface area contributed by atoms with Crippen molar-refractivity contribution in [1.29, 1.82) is 5.26 Å². The number of primary sulfonamides is 1. The Balaban J connectivity index is 3.53. The Labute approximate surface area is 79.8 Å². The van der Waals surface area contributed by atoms with Crippen LogP contribution in [0, 0.1) is 11.3 Å². The SMILES string of the molecule is N#Cc1ccnc(S(N)(=O)=O)c1Cl. The molecule has 1 rings (SSSR count). The number of hydrogen-bond donors (Lipinski definition) is 1. The topological polar surface area (TPSA) is 96.8 Å². The molecule has 1 heterocycles. The normalized spacial score (nSPS) is 10.8. The van der Waals surface area contributed by atoms with E-state index in [4.69, 9.17) is 22.0 Å². The van der Waals surface area contributed by atoms with Crippen molar-refractivity contribution in [1.82, 2.24) is 4.98 Å². The molecule has 0 fully saturated rings. The van der Waals surface area contributed by atoms with Crippen LogP contribution in [0.15, 0.2) is 17.3 Å². The van der Waals surface area contributed by atoms with Crippen LogP contribution in [0.2, 0.25) is 5.02 Å². The Hall–Kier alpha value is -1.16. The monoisotopic (exact) mass is 217 g/mol. The first-order valence-corrected chi connectivity index (χ1v) is 4.96. The number of nitriles is 1. The maximum absolute atomic E-state index is 10.8. The van der Waals surface area contributed by atoms with Gasteiger partial charge >= 0.3 is 0 Å². The van der Waals surface area contributed by atoms with Crippen LogP contribution in [0.4, 0.5) is 0 Å². The minimum Gasteiger partial charge on any atom is -0.242 e. The van der Waals surface area contributed by atoms with Gasteiger partial charge in [-0.05, 0) is 6.07 Å². The van der Waals surface area contributed by atoms with E-state index in [1.54, 1.807) is 6.07 Å². The Morgan fingerprint density at radius 3 is 2.69 bits per heavy atom. The van der Waals surface area contributed by atoms with E-state index in [-0.39, 0.29) is 10.6 Å². The maximum Gasteiger partial charge on any atom is 0.257 e. The fourth-order valence-electron chi connectivity index (χ4n) is 0.709. The summed E-state index contributed by atoms with van der Waals surface area (Å²) in [5.41, 5.74) is 0.0284. The van der Waals surface area contributed by atoms with Gasteiger partial charge in [0.1, 0.15) is 6.07 Å². The van der Waals surface area contributed by atoms with Crippen LogP contribution in [0.1, 0.15) is 5.56 Å². The molecule has 7 heteroatoms. The van der Waals surface area contributed by atoms with Crippen LogP contribution < -0.4 is 5.14 Å². The molecule has 0 unspecified atom stereocenters. The van der Waals surface area contributed by atoms with Crippen molar-refractivity contribution in [3.05, 3.63) is 22.8 Å². The molecule has 0 aromatic carbocycles. The molecule has 0 atom stereocenters. The Morgan fingerprint density at radius 1 is 1.62 bits per heavy atom. The van der Waals surface area contributed by atoms with Crippen LogP contribution in [-0.2, 0) is 10.0 Å². The number of sulfonamides is 1. The Bertz CT molecular complexity index is 477.